The maximum atomic E-state index is 13.1. The Labute approximate surface area is 193 Å². The number of ether oxygens (including phenoxy) is 1. The molecule has 3 rings (SSSR count). The largest absolute Gasteiger partial charge is 0.494 e. The van der Waals surface area contributed by atoms with Crippen molar-refractivity contribution in [2.24, 2.45) is 5.92 Å². The maximum absolute atomic E-state index is 13.1. The van der Waals surface area contributed by atoms with Gasteiger partial charge in [-0.05, 0) is 67.6 Å². The van der Waals surface area contributed by atoms with Gasteiger partial charge in [0.05, 0.1) is 6.61 Å². The number of rotatable bonds is 8. The van der Waals surface area contributed by atoms with Crippen LogP contribution in [0.3, 0.4) is 0 Å². The number of aryl methyl sites for hydroxylation is 1. The molecule has 2 aromatic rings. The predicted molar refractivity (Wildman–Crippen MR) is 124 cm³/mol. The van der Waals surface area contributed by atoms with Crippen molar-refractivity contribution in [3.63, 3.8) is 0 Å². The summed E-state index contributed by atoms with van der Waals surface area (Å²) in [5.74, 6) is 0.284. The molecule has 0 aliphatic carbocycles. The number of hydrogen-bond donors (Lipinski definition) is 2. The molecule has 0 bridgehead atoms. The monoisotopic (exact) mass is 457 g/mol. The Morgan fingerprint density at radius 2 is 1.88 bits per heavy atom. The van der Waals surface area contributed by atoms with Crippen LogP contribution in [0.4, 0.5) is 10.5 Å². The molecule has 170 valence electrons. The number of nitrogens with one attached hydrogen (secondary N) is 2. The number of halogens is 1. The minimum atomic E-state index is -1.26. The Kier molecular flexibility index (Phi) is 7.09. The van der Waals surface area contributed by atoms with Gasteiger partial charge in [0.15, 0.2) is 0 Å². The molecule has 0 spiro atoms. The van der Waals surface area contributed by atoms with Crippen LogP contribution in [0, 0.1) is 12.8 Å². The second-order valence-electron chi connectivity index (χ2n) is 8.51. The summed E-state index contributed by atoms with van der Waals surface area (Å²) >= 11 is 5.94. The van der Waals surface area contributed by atoms with Crippen molar-refractivity contribution in [1.82, 2.24) is 10.2 Å². The number of amides is 4. The van der Waals surface area contributed by atoms with E-state index in [4.69, 9.17) is 16.3 Å². The Morgan fingerprint density at radius 1 is 1.19 bits per heavy atom. The van der Waals surface area contributed by atoms with Crippen molar-refractivity contribution < 1.29 is 19.1 Å². The normalized spacial score (nSPS) is 18.1. The molecule has 0 saturated carbocycles. The third kappa shape index (κ3) is 5.22. The van der Waals surface area contributed by atoms with Gasteiger partial charge in [0.1, 0.15) is 17.8 Å². The smallest absolute Gasteiger partial charge is 0.325 e. The highest BCUT2D eigenvalue weighted by Gasteiger charge is 2.49. The van der Waals surface area contributed by atoms with Gasteiger partial charge in [-0.3, -0.25) is 14.5 Å². The minimum Gasteiger partial charge on any atom is -0.494 e. The van der Waals surface area contributed by atoms with Crippen LogP contribution in [0.2, 0.25) is 5.02 Å². The Bertz CT molecular complexity index is 1020. The molecular weight excluding hydrogens is 430 g/mol. The summed E-state index contributed by atoms with van der Waals surface area (Å²) < 4.78 is 5.72. The summed E-state index contributed by atoms with van der Waals surface area (Å²) in [5, 5.41) is 5.99. The first-order valence-electron chi connectivity index (χ1n) is 10.5. The molecule has 0 aromatic heterocycles. The Morgan fingerprint density at radius 3 is 2.50 bits per heavy atom. The van der Waals surface area contributed by atoms with Crippen molar-refractivity contribution in [3.8, 4) is 5.75 Å². The van der Waals surface area contributed by atoms with Gasteiger partial charge < -0.3 is 15.4 Å². The molecule has 2 aromatic carbocycles. The molecule has 32 heavy (non-hydrogen) atoms. The molecule has 1 fully saturated rings. The van der Waals surface area contributed by atoms with Crippen LogP contribution < -0.4 is 15.4 Å². The van der Waals surface area contributed by atoms with E-state index in [1.807, 2.05) is 6.92 Å². The van der Waals surface area contributed by atoms with Crippen molar-refractivity contribution in [2.45, 2.75) is 39.7 Å². The zero-order valence-electron chi connectivity index (χ0n) is 18.7. The lowest BCUT2D eigenvalue weighted by atomic mass is 9.92. The molecule has 1 aliphatic heterocycles. The summed E-state index contributed by atoms with van der Waals surface area (Å²) in [5.41, 5.74) is 0.707. The quantitative estimate of drug-likeness (QED) is 0.572. The van der Waals surface area contributed by atoms with Crippen LogP contribution in [-0.4, -0.2) is 35.9 Å². The van der Waals surface area contributed by atoms with Crippen LogP contribution >= 0.6 is 11.6 Å². The predicted octanol–water partition coefficient (Wildman–Crippen LogP) is 4.48. The van der Waals surface area contributed by atoms with Crippen molar-refractivity contribution in [2.75, 3.05) is 18.5 Å². The van der Waals surface area contributed by atoms with Crippen molar-refractivity contribution >= 4 is 35.1 Å². The minimum absolute atomic E-state index is 0.390. The van der Waals surface area contributed by atoms with Crippen LogP contribution in [0.25, 0.3) is 0 Å². The van der Waals surface area contributed by atoms with E-state index in [1.54, 1.807) is 49.4 Å². The summed E-state index contributed by atoms with van der Waals surface area (Å²) in [6, 6.07) is 11.5. The number of hydrogen-bond acceptors (Lipinski definition) is 4. The average Bonchev–Trinajstić information content (AvgIpc) is 2.94. The molecule has 1 heterocycles. The highest BCUT2D eigenvalue weighted by molar-refractivity contribution is 6.30. The fourth-order valence-electron chi connectivity index (χ4n) is 3.43. The standard InChI is InChI=1S/C24H28ClN3O4/c1-15(2)11-12-32-19-8-5-17(6-9-19)24(4)22(30)28(23(31)27-24)14-21(29)26-20-10-7-18(25)13-16(20)3/h5-10,13,15H,11-12,14H2,1-4H3,(H,26,29)(H,27,31). The van der Waals surface area contributed by atoms with E-state index in [0.29, 0.717) is 34.5 Å². The average molecular weight is 458 g/mol. The fourth-order valence-corrected chi connectivity index (χ4v) is 3.66. The van der Waals surface area contributed by atoms with Gasteiger partial charge in [-0.2, -0.15) is 0 Å². The van der Waals surface area contributed by atoms with E-state index in [2.05, 4.69) is 24.5 Å². The van der Waals surface area contributed by atoms with Gasteiger partial charge >= 0.3 is 6.03 Å². The number of benzene rings is 2. The lowest BCUT2D eigenvalue weighted by Gasteiger charge is -2.22. The molecule has 1 unspecified atom stereocenters. The van der Waals surface area contributed by atoms with E-state index in [0.717, 1.165) is 16.9 Å². The summed E-state index contributed by atoms with van der Waals surface area (Å²) in [7, 11) is 0. The maximum Gasteiger partial charge on any atom is 0.325 e. The van der Waals surface area contributed by atoms with Gasteiger partial charge in [-0.15, -0.1) is 0 Å². The zero-order chi connectivity index (χ0) is 23.5. The van der Waals surface area contributed by atoms with Crippen LogP contribution in [0.15, 0.2) is 42.5 Å². The third-order valence-electron chi connectivity index (χ3n) is 5.43. The SMILES string of the molecule is Cc1cc(Cl)ccc1NC(=O)CN1C(=O)NC(C)(c2ccc(OCCC(C)C)cc2)C1=O. The molecular formula is C24H28ClN3O4. The first-order valence-corrected chi connectivity index (χ1v) is 10.9. The number of carbonyl (C=O) groups is 3. The molecule has 8 heteroatoms. The van der Waals surface area contributed by atoms with Gasteiger partial charge in [-0.1, -0.05) is 37.6 Å². The molecule has 4 amide bonds. The highest BCUT2D eigenvalue weighted by Crippen LogP contribution is 2.30. The summed E-state index contributed by atoms with van der Waals surface area (Å²) in [6.45, 7) is 7.92. The first kappa shape index (κ1) is 23.6. The second kappa shape index (κ2) is 9.61. The van der Waals surface area contributed by atoms with E-state index in [9.17, 15) is 14.4 Å². The molecule has 1 atom stereocenters. The van der Waals surface area contributed by atoms with E-state index < -0.39 is 29.9 Å². The second-order valence-corrected chi connectivity index (χ2v) is 8.95. The van der Waals surface area contributed by atoms with E-state index >= 15 is 0 Å². The number of imide groups is 1. The summed E-state index contributed by atoms with van der Waals surface area (Å²) in [4.78, 5) is 39.0. The fraction of sp³-hybridized carbons (Fsp3) is 0.375. The number of anilines is 1. The van der Waals surface area contributed by atoms with Crippen LogP contribution in [-0.2, 0) is 15.1 Å². The van der Waals surface area contributed by atoms with Crippen LogP contribution in [0.1, 0.15) is 38.3 Å². The highest BCUT2D eigenvalue weighted by atomic mass is 35.5. The van der Waals surface area contributed by atoms with Gasteiger partial charge in [0.25, 0.3) is 5.91 Å². The number of urea groups is 1. The van der Waals surface area contributed by atoms with Gasteiger partial charge in [0.2, 0.25) is 5.91 Å². The summed E-state index contributed by atoms with van der Waals surface area (Å²) in [6.07, 6.45) is 0.945. The Hall–Kier alpha value is -3.06. The number of carbonyl (C=O) groups excluding carboxylic acids is 3. The lowest BCUT2D eigenvalue weighted by molar-refractivity contribution is -0.133. The molecule has 1 saturated heterocycles. The zero-order valence-corrected chi connectivity index (χ0v) is 19.5. The lowest BCUT2D eigenvalue weighted by Crippen LogP contribution is -2.42. The van der Waals surface area contributed by atoms with Gasteiger partial charge in [0, 0.05) is 10.7 Å². The van der Waals surface area contributed by atoms with Crippen molar-refractivity contribution in [3.05, 3.63) is 58.6 Å². The Balaban J connectivity index is 1.67. The van der Waals surface area contributed by atoms with Gasteiger partial charge in [-0.25, -0.2) is 4.79 Å². The molecule has 2 N–H and O–H groups in total. The third-order valence-corrected chi connectivity index (χ3v) is 5.67. The van der Waals surface area contributed by atoms with Crippen molar-refractivity contribution in [1.29, 1.82) is 0 Å². The van der Waals surface area contributed by atoms with Crippen LogP contribution in [0.5, 0.6) is 5.75 Å². The topological polar surface area (TPSA) is 87.7 Å². The molecule has 0 radical (unpaired) electrons. The molecule has 7 nitrogen and oxygen atoms in total. The van der Waals surface area contributed by atoms with E-state index in [1.165, 1.54) is 0 Å². The number of nitrogens with zero attached hydrogens (tertiary/aromatic N) is 1. The molecule has 1 aliphatic rings. The first-order chi connectivity index (χ1) is 15.1. The van der Waals surface area contributed by atoms with E-state index in [-0.39, 0.29) is 0 Å².